The first-order chi connectivity index (χ1) is 8.42. The number of ether oxygens (including phenoxy) is 1. The lowest BCUT2D eigenvalue weighted by molar-refractivity contribution is -0.147. The summed E-state index contributed by atoms with van der Waals surface area (Å²) < 4.78 is 5.01. The number of nitrogens with one attached hydrogen (secondary N) is 1. The molecule has 1 heterocycles. The molecule has 104 valence electrons. The van der Waals surface area contributed by atoms with Crippen molar-refractivity contribution in [1.29, 1.82) is 0 Å². The van der Waals surface area contributed by atoms with Crippen molar-refractivity contribution >= 4 is 12.0 Å². The fraction of sp³-hybridized carbons (Fsp3) is 0.833. The summed E-state index contributed by atoms with van der Waals surface area (Å²) in [4.78, 5) is 24.6. The number of carbonyl (C=O) groups excluding carboxylic acids is 1. The van der Waals surface area contributed by atoms with Gasteiger partial charge in [0.2, 0.25) is 0 Å². The molecule has 0 aliphatic carbocycles. The Morgan fingerprint density at radius 1 is 1.56 bits per heavy atom. The van der Waals surface area contributed by atoms with Crippen molar-refractivity contribution in [3.63, 3.8) is 0 Å². The standard InChI is InChI=1S/C12H22N2O4/c1-4-9(7-18-3)13-11(17)14-6-5-12(2,8-14)10(15)16/h9H,4-8H2,1-3H3,(H,13,17)(H,15,16). The normalized spacial score (nSPS) is 24.9. The molecule has 1 saturated heterocycles. The van der Waals surface area contributed by atoms with Gasteiger partial charge in [0.05, 0.1) is 18.1 Å². The molecule has 0 saturated carbocycles. The summed E-state index contributed by atoms with van der Waals surface area (Å²) in [6.45, 7) is 4.85. The predicted molar refractivity (Wildman–Crippen MR) is 66.4 cm³/mol. The third-order valence-corrected chi connectivity index (χ3v) is 3.47. The summed E-state index contributed by atoms with van der Waals surface area (Å²) in [5, 5.41) is 12.0. The van der Waals surface area contributed by atoms with Gasteiger partial charge in [0, 0.05) is 20.2 Å². The van der Waals surface area contributed by atoms with Crippen LogP contribution >= 0.6 is 0 Å². The molecule has 1 fully saturated rings. The van der Waals surface area contributed by atoms with Crippen LogP contribution in [0.2, 0.25) is 0 Å². The number of aliphatic carboxylic acids is 1. The molecule has 0 bridgehead atoms. The lowest BCUT2D eigenvalue weighted by Gasteiger charge is -2.23. The second kappa shape index (κ2) is 6.04. The molecule has 0 aromatic carbocycles. The van der Waals surface area contributed by atoms with Gasteiger partial charge in [0.25, 0.3) is 0 Å². The summed E-state index contributed by atoms with van der Waals surface area (Å²) in [5.74, 6) is -0.846. The maximum Gasteiger partial charge on any atom is 0.317 e. The Morgan fingerprint density at radius 3 is 2.67 bits per heavy atom. The number of carboxylic acid groups (broad SMARTS) is 1. The van der Waals surface area contributed by atoms with Crippen LogP contribution in [0.3, 0.4) is 0 Å². The second-order valence-electron chi connectivity index (χ2n) is 5.05. The third kappa shape index (κ3) is 3.35. The largest absolute Gasteiger partial charge is 0.481 e. The molecule has 0 radical (unpaired) electrons. The summed E-state index contributed by atoms with van der Waals surface area (Å²) in [6.07, 6.45) is 1.28. The van der Waals surface area contributed by atoms with Crippen LogP contribution in [-0.2, 0) is 9.53 Å². The summed E-state index contributed by atoms with van der Waals surface area (Å²) >= 11 is 0. The molecule has 0 spiro atoms. The number of hydrogen-bond acceptors (Lipinski definition) is 3. The molecule has 2 amide bonds. The van der Waals surface area contributed by atoms with Crippen molar-refractivity contribution in [1.82, 2.24) is 10.2 Å². The van der Waals surface area contributed by atoms with Gasteiger partial charge in [-0.05, 0) is 19.8 Å². The van der Waals surface area contributed by atoms with E-state index in [0.29, 0.717) is 19.6 Å². The first kappa shape index (κ1) is 14.8. The molecule has 1 aliphatic heterocycles. The van der Waals surface area contributed by atoms with Crippen molar-refractivity contribution in [2.45, 2.75) is 32.7 Å². The van der Waals surface area contributed by atoms with E-state index in [9.17, 15) is 9.59 Å². The Hall–Kier alpha value is -1.30. The fourth-order valence-electron chi connectivity index (χ4n) is 2.04. The van der Waals surface area contributed by atoms with Crippen LogP contribution in [-0.4, -0.2) is 54.9 Å². The number of nitrogens with zero attached hydrogens (tertiary/aromatic N) is 1. The summed E-state index contributed by atoms with van der Waals surface area (Å²) in [6, 6.07) is -0.233. The number of likely N-dealkylation sites (tertiary alicyclic amines) is 1. The Bertz CT molecular complexity index is 321. The molecule has 6 nitrogen and oxygen atoms in total. The topological polar surface area (TPSA) is 78.9 Å². The molecule has 0 aromatic rings. The van der Waals surface area contributed by atoms with Crippen LogP contribution in [0, 0.1) is 5.41 Å². The van der Waals surface area contributed by atoms with Gasteiger partial charge in [-0.3, -0.25) is 4.79 Å². The highest BCUT2D eigenvalue weighted by Crippen LogP contribution is 2.29. The van der Waals surface area contributed by atoms with Crippen LogP contribution < -0.4 is 5.32 Å². The lowest BCUT2D eigenvalue weighted by Crippen LogP contribution is -2.46. The van der Waals surface area contributed by atoms with Crippen LogP contribution in [0.4, 0.5) is 4.79 Å². The summed E-state index contributed by atoms with van der Waals surface area (Å²) in [5.41, 5.74) is -0.819. The molecule has 2 N–H and O–H groups in total. The van der Waals surface area contributed by atoms with Crippen LogP contribution in [0.5, 0.6) is 0 Å². The zero-order chi connectivity index (χ0) is 13.8. The Morgan fingerprint density at radius 2 is 2.22 bits per heavy atom. The maximum absolute atomic E-state index is 12.0. The van der Waals surface area contributed by atoms with E-state index in [1.807, 2.05) is 6.92 Å². The minimum Gasteiger partial charge on any atom is -0.481 e. The van der Waals surface area contributed by atoms with Gasteiger partial charge in [-0.1, -0.05) is 6.92 Å². The number of carboxylic acids is 1. The SMILES string of the molecule is CCC(COC)NC(=O)N1CCC(C)(C(=O)O)C1. The highest BCUT2D eigenvalue weighted by Gasteiger charge is 2.42. The Balaban J connectivity index is 2.52. The van der Waals surface area contributed by atoms with Crippen molar-refractivity contribution < 1.29 is 19.4 Å². The third-order valence-electron chi connectivity index (χ3n) is 3.47. The molecule has 2 atom stereocenters. The number of hydrogen-bond donors (Lipinski definition) is 2. The van der Waals surface area contributed by atoms with Crippen LogP contribution in [0.25, 0.3) is 0 Å². The minimum atomic E-state index is -0.846. The quantitative estimate of drug-likeness (QED) is 0.768. The van der Waals surface area contributed by atoms with E-state index in [1.165, 1.54) is 0 Å². The van der Waals surface area contributed by atoms with Crippen molar-refractivity contribution in [3.05, 3.63) is 0 Å². The highest BCUT2D eigenvalue weighted by molar-refractivity contribution is 5.79. The molecule has 2 unspecified atom stereocenters. The van der Waals surface area contributed by atoms with Gasteiger partial charge >= 0.3 is 12.0 Å². The van der Waals surface area contributed by atoms with E-state index in [2.05, 4.69) is 5.32 Å². The van der Waals surface area contributed by atoms with Gasteiger partial charge in [-0.15, -0.1) is 0 Å². The molecular formula is C12H22N2O4. The molecule has 1 rings (SSSR count). The molecule has 1 aliphatic rings. The fourth-order valence-corrected chi connectivity index (χ4v) is 2.04. The van der Waals surface area contributed by atoms with E-state index in [-0.39, 0.29) is 18.6 Å². The average molecular weight is 258 g/mol. The number of urea groups is 1. The Kier molecular flexibility index (Phi) is 4.95. The van der Waals surface area contributed by atoms with Gasteiger partial charge in [0.15, 0.2) is 0 Å². The zero-order valence-electron chi connectivity index (χ0n) is 11.2. The molecule has 0 aromatic heterocycles. The maximum atomic E-state index is 12.0. The predicted octanol–water partition coefficient (Wildman–Crippen LogP) is 0.918. The Labute approximate surface area is 107 Å². The molecule has 6 heteroatoms. The summed E-state index contributed by atoms with van der Waals surface area (Å²) in [7, 11) is 1.59. The first-order valence-corrected chi connectivity index (χ1v) is 6.20. The van der Waals surface area contributed by atoms with E-state index in [4.69, 9.17) is 9.84 Å². The number of rotatable bonds is 5. The van der Waals surface area contributed by atoms with E-state index < -0.39 is 11.4 Å². The number of carbonyl (C=O) groups is 2. The van der Waals surface area contributed by atoms with E-state index in [1.54, 1.807) is 18.9 Å². The number of methoxy groups -OCH3 is 1. The molecule has 18 heavy (non-hydrogen) atoms. The minimum absolute atomic E-state index is 0.0285. The highest BCUT2D eigenvalue weighted by atomic mass is 16.5. The van der Waals surface area contributed by atoms with E-state index in [0.717, 1.165) is 6.42 Å². The van der Waals surface area contributed by atoms with Crippen LogP contribution in [0.1, 0.15) is 26.7 Å². The van der Waals surface area contributed by atoms with Crippen molar-refractivity contribution in [2.75, 3.05) is 26.8 Å². The average Bonchev–Trinajstić information content (AvgIpc) is 2.73. The second-order valence-corrected chi connectivity index (χ2v) is 5.05. The first-order valence-electron chi connectivity index (χ1n) is 6.20. The zero-order valence-corrected chi connectivity index (χ0v) is 11.2. The molecular weight excluding hydrogens is 236 g/mol. The van der Waals surface area contributed by atoms with Crippen LogP contribution in [0.15, 0.2) is 0 Å². The monoisotopic (exact) mass is 258 g/mol. The van der Waals surface area contributed by atoms with Crippen molar-refractivity contribution in [3.8, 4) is 0 Å². The van der Waals surface area contributed by atoms with Gasteiger partial charge in [0.1, 0.15) is 0 Å². The van der Waals surface area contributed by atoms with Gasteiger partial charge in [-0.2, -0.15) is 0 Å². The van der Waals surface area contributed by atoms with E-state index >= 15 is 0 Å². The number of amides is 2. The lowest BCUT2D eigenvalue weighted by atomic mass is 9.90. The van der Waals surface area contributed by atoms with Crippen molar-refractivity contribution in [2.24, 2.45) is 5.41 Å². The smallest absolute Gasteiger partial charge is 0.317 e. The van der Waals surface area contributed by atoms with Gasteiger partial charge in [-0.25, -0.2) is 4.79 Å². The van der Waals surface area contributed by atoms with Gasteiger partial charge < -0.3 is 20.1 Å².